The van der Waals surface area contributed by atoms with Crippen LogP contribution in [0.3, 0.4) is 0 Å². The maximum absolute atomic E-state index is 8.23. The second-order valence-electron chi connectivity index (χ2n) is 8.05. The van der Waals surface area contributed by atoms with Gasteiger partial charge in [0.25, 0.3) is 0 Å². The molecule has 0 aliphatic carbocycles. The van der Waals surface area contributed by atoms with Crippen molar-refractivity contribution in [3.63, 3.8) is 0 Å². The number of ether oxygens (including phenoxy) is 2. The standard InChI is InChI=1S/C23H36O5S/c1-6-7-8-9-10-11-12-14-23(5)15-13-20-19(4)21(25-16-29-28-27-24)17(2)18(3)22(20)26-23/h12,14,24H,6-11,13,15-16H2,1-5H3. The summed E-state index contributed by atoms with van der Waals surface area (Å²) in [6.07, 6.45) is 14.1. The van der Waals surface area contributed by atoms with E-state index in [1.165, 1.54) is 37.7 Å². The average molecular weight is 425 g/mol. The molecule has 1 atom stereocenters. The van der Waals surface area contributed by atoms with Gasteiger partial charge >= 0.3 is 0 Å². The Kier molecular flexibility index (Phi) is 9.83. The van der Waals surface area contributed by atoms with E-state index in [0.717, 1.165) is 59.5 Å². The van der Waals surface area contributed by atoms with Crippen LogP contribution in [0.1, 0.15) is 81.0 Å². The van der Waals surface area contributed by atoms with Crippen molar-refractivity contribution in [2.45, 2.75) is 91.6 Å². The highest BCUT2D eigenvalue weighted by molar-refractivity contribution is 7.94. The van der Waals surface area contributed by atoms with Crippen molar-refractivity contribution in [3.8, 4) is 11.5 Å². The Hall–Kier alpha value is -1.21. The first kappa shape index (κ1) is 24.1. The third kappa shape index (κ3) is 6.64. The van der Waals surface area contributed by atoms with E-state index in [-0.39, 0.29) is 11.5 Å². The minimum atomic E-state index is -0.259. The quantitative estimate of drug-likeness (QED) is 0.0971. The Labute approximate surface area is 179 Å². The van der Waals surface area contributed by atoms with Crippen LogP contribution in [0.2, 0.25) is 0 Å². The minimum absolute atomic E-state index is 0.222. The fraction of sp³-hybridized carbons (Fsp3) is 0.652. The molecule has 1 heterocycles. The van der Waals surface area contributed by atoms with E-state index >= 15 is 0 Å². The highest BCUT2D eigenvalue weighted by atomic mass is 32.2. The summed E-state index contributed by atoms with van der Waals surface area (Å²) < 4.78 is 16.8. The van der Waals surface area contributed by atoms with Gasteiger partial charge in [-0.1, -0.05) is 43.7 Å². The molecule has 1 aliphatic rings. The van der Waals surface area contributed by atoms with Crippen LogP contribution < -0.4 is 9.47 Å². The lowest BCUT2D eigenvalue weighted by atomic mass is 9.87. The van der Waals surface area contributed by atoms with Gasteiger partial charge in [0.15, 0.2) is 5.94 Å². The predicted octanol–water partition coefficient (Wildman–Crippen LogP) is 7.02. The Balaban J connectivity index is 2.05. The highest BCUT2D eigenvalue weighted by Gasteiger charge is 2.32. The summed E-state index contributed by atoms with van der Waals surface area (Å²) >= 11 is 0.891. The summed E-state index contributed by atoms with van der Waals surface area (Å²) in [5, 5.41) is 11.8. The molecule has 0 saturated carbocycles. The van der Waals surface area contributed by atoms with E-state index in [4.69, 9.17) is 14.7 Å². The van der Waals surface area contributed by atoms with Crippen molar-refractivity contribution >= 4 is 12.0 Å². The van der Waals surface area contributed by atoms with Gasteiger partial charge < -0.3 is 9.47 Å². The Morgan fingerprint density at radius 2 is 1.86 bits per heavy atom. The lowest BCUT2D eigenvalue weighted by Crippen LogP contribution is -2.35. The molecular weight excluding hydrogens is 388 g/mol. The normalized spacial score (nSPS) is 18.7. The zero-order chi connectivity index (χ0) is 21.3. The molecule has 1 unspecified atom stereocenters. The summed E-state index contributed by atoms with van der Waals surface area (Å²) in [5.41, 5.74) is 4.25. The van der Waals surface area contributed by atoms with E-state index < -0.39 is 0 Å². The summed E-state index contributed by atoms with van der Waals surface area (Å²) in [5.74, 6) is 2.07. The molecule has 2 rings (SSSR count). The van der Waals surface area contributed by atoms with Crippen LogP contribution in [-0.4, -0.2) is 16.8 Å². The van der Waals surface area contributed by atoms with Gasteiger partial charge in [-0.15, -0.1) is 4.33 Å². The number of allylic oxidation sites excluding steroid dienone is 1. The molecule has 0 bridgehead atoms. The molecule has 0 aromatic heterocycles. The fourth-order valence-electron chi connectivity index (χ4n) is 3.91. The third-order valence-corrected chi connectivity index (χ3v) is 6.16. The zero-order valence-electron chi connectivity index (χ0n) is 18.5. The zero-order valence-corrected chi connectivity index (χ0v) is 19.3. The van der Waals surface area contributed by atoms with Gasteiger partial charge in [-0.25, -0.2) is 5.26 Å². The first-order chi connectivity index (χ1) is 13.9. The monoisotopic (exact) mass is 424 g/mol. The van der Waals surface area contributed by atoms with Gasteiger partial charge in [0, 0.05) is 5.56 Å². The van der Waals surface area contributed by atoms with Crippen LogP contribution in [0.25, 0.3) is 0 Å². The maximum Gasteiger partial charge on any atom is 0.162 e. The molecule has 0 fully saturated rings. The minimum Gasteiger partial charge on any atom is -0.483 e. The van der Waals surface area contributed by atoms with Crippen molar-refractivity contribution in [2.75, 3.05) is 5.94 Å². The fourth-order valence-corrected chi connectivity index (χ4v) is 4.16. The van der Waals surface area contributed by atoms with Crippen LogP contribution in [0.5, 0.6) is 11.5 Å². The number of rotatable bonds is 12. The Bertz CT molecular complexity index is 689. The van der Waals surface area contributed by atoms with E-state index in [1.807, 2.05) is 6.92 Å². The van der Waals surface area contributed by atoms with Crippen molar-refractivity contribution in [1.29, 1.82) is 0 Å². The van der Waals surface area contributed by atoms with Gasteiger partial charge in [-0.3, -0.25) is 0 Å². The summed E-state index contributed by atoms with van der Waals surface area (Å²) in [4.78, 5) is 0. The lowest BCUT2D eigenvalue weighted by molar-refractivity contribution is -0.432. The molecule has 1 N–H and O–H groups in total. The molecule has 0 radical (unpaired) electrons. The average Bonchev–Trinajstić information content (AvgIpc) is 2.71. The van der Waals surface area contributed by atoms with Crippen molar-refractivity contribution in [2.24, 2.45) is 0 Å². The van der Waals surface area contributed by atoms with Crippen molar-refractivity contribution in [3.05, 3.63) is 34.4 Å². The molecule has 29 heavy (non-hydrogen) atoms. The van der Waals surface area contributed by atoms with E-state index in [9.17, 15) is 0 Å². The number of hydrogen-bond acceptors (Lipinski definition) is 6. The molecule has 1 aliphatic heterocycles. The van der Waals surface area contributed by atoms with Crippen LogP contribution in [0, 0.1) is 20.8 Å². The SMILES string of the molecule is CCCCCCCC=CC1(C)CCc2c(C)c(OCSOOO)c(C)c(C)c2O1. The molecule has 164 valence electrons. The molecule has 1 aromatic carbocycles. The van der Waals surface area contributed by atoms with Gasteiger partial charge in [0.2, 0.25) is 0 Å². The van der Waals surface area contributed by atoms with Crippen LogP contribution in [0.4, 0.5) is 0 Å². The second kappa shape index (κ2) is 11.8. The maximum atomic E-state index is 8.23. The molecular formula is C23H36O5S. The largest absolute Gasteiger partial charge is 0.483 e. The molecule has 0 spiro atoms. The van der Waals surface area contributed by atoms with Crippen molar-refractivity contribution in [1.82, 2.24) is 0 Å². The summed E-state index contributed by atoms with van der Waals surface area (Å²) in [6, 6.07) is 0. The molecule has 1 aromatic rings. The van der Waals surface area contributed by atoms with Crippen molar-refractivity contribution < 1.29 is 24.1 Å². The Morgan fingerprint density at radius 3 is 2.59 bits per heavy atom. The number of hydrogen-bond donors (Lipinski definition) is 1. The van der Waals surface area contributed by atoms with Crippen LogP contribution >= 0.6 is 12.0 Å². The highest BCUT2D eigenvalue weighted by Crippen LogP contribution is 2.44. The van der Waals surface area contributed by atoms with E-state index in [0.29, 0.717) is 0 Å². The molecule has 5 nitrogen and oxygen atoms in total. The van der Waals surface area contributed by atoms with Crippen LogP contribution in [-0.2, 0) is 15.8 Å². The van der Waals surface area contributed by atoms with E-state index in [2.05, 4.69) is 49.2 Å². The number of fused-ring (bicyclic) bond motifs is 1. The Morgan fingerprint density at radius 1 is 1.10 bits per heavy atom. The van der Waals surface area contributed by atoms with E-state index in [1.54, 1.807) is 0 Å². The van der Waals surface area contributed by atoms with Gasteiger partial charge in [-0.05, 0) is 76.1 Å². The number of benzene rings is 1. The van der Waals surface area contributed by atoms with Gasteiger partial charge in [0.05, 0.1) is 12.0 Å². The topological polar surface area (TPSA) is 57.2 Å². The number of unbranched alkanes of at least 4 members (excludes halogenated alkanes) is 5. The first-order valence-electron chi connectivity index (χ1n) is 10.7. The smallest absolute Gasteiger partial charge is 0.162 e. The molecule has 6 heteroatoms. The van der Waals surface area contributed by atoms with Crippen LogP contribution in [0.15, 0.2) is 12.2 Å². The molecule has 0 saturated heterocycles. The van der Waals surface area contributed by atoms with Gasteiger partial charge in [-0.2, -0.15) is 0 Å². The molecule has 0 amide bonds. The lowest BCUT2D eigenvalue weighted by Gasteiger charge is -2.36. The van der Waals surface area contributed by atoms with Gasteiger partial charge in [0.1, 0.15) is 17.1 Å². The second-order valence-corrected chi connectivity index (χ2v) is 8.66. The first-order valence-corrected chi connectivity index (χ1v) is 11.6. The summed E-state index contributed by atoms with van der Waals surface area (Å²) in [7, 11) is 0. The predicted molar refractivity (Wildman–Crippen MR) is 118 cm³/mol. The summed E-state index contributed by atoms with van der Waals surface area (Å²) in [6.45, 7) is 10.6. The third-order valence-electron chi connectivity index (χ3n) is 5.79.